The van der Waals surface area contributed by atoms with Crippen LogP contribution in [0.2, 0.25) is 0 Å². The van der Waals surface area contributed by atoms with Crippen LogP contribution in [-0.2, 0) is 9.53 Å². The third kappa shape index (κ3) is 5.48. The molecule has 2 heterocycles. The number of nitrogens with two attached hydrogens (primary N) is 1. The second-order valence-electron chi connectivity index (χ2n) is 6.94. The molecule has 0 saturated carbocycles. The van der Waals surface area contributed by atoms with Crippen molar-refractivity contribution in [3.63, 3.8) is 0 Å². The third-order valence-electron chi connectivity index (χ3n) is 5.09. The summed E-state index contributed by atoms with van der Waals surface area (Å²) in [6.45, 7) is 5.57. The number of piperidine rings is 1. The van der Waals surface area contributed by atoms with Gasteiger partial charge in [0.05, 0.1) is 0 Å². The van der Waals surface area contributed by atoms with E-state index in [1.165, 1.54) is 18.5 Å². The molecule has 25 heavy (non-hydrogen) atoms. The Morgan fingerprint density at radius 2 is 1.88 bits per heavy atom. The SMILES string of the molecule is CC1CCN(c2cccc(NC(=O)C3(N)CCOCC3)c2)CC1.Cl.Cl. The number of carbonyl (C=O) groups is 1. The van der Waals surface area contributed by atoms with E-state index in [1.54, 1.807) is 0 Å². The summed E-state index contributed by atoms with van der Waals surface area (Å²) in [6.07, 6.45) is 3.59. The minimum atomic E-state index is -0.811. The van der Waals surface area contributed by atoms with Crippen LogP contribution in [0.4, 0.5) is 11.4 Å². The molecule has 1 aromatic rings. The lowest BCUT2D eigenvalue weighted by atomic mass is 9.90. The van der Waals surface area contributed by atoms with E-state index in [1.807, 2.05) is 12.1 Å². The van der Waals surface area contributed by atoms with Gasteiger partial charge in [-0.3, -0.25) is 4.79 Å². The highest BCUT2D eigenvalue weighted by Crippen LogP contribution is 2.26. The van der Waals surface area contributed by atoms with Crippen LogP contribution in [0.15, 0.2) is 24.3 Å². The van der Waals surface area contributed by atoms with Gasteiger partial charge in [0.1, 0.15) is 5.54 Å². The van der Waals surface area contributed by atoms with E-state index < -0.39 is 5.54 Å². The van der Waals surface area contributed by atoms with E-state index in [0.717, 1.165) is 24.7 Å². The lowest BCUT2D eigenvalue weighted by Gasteiger charge is -2.33. The molecule has 1 amide bonds. The number of hydrogen-bond acceptors (Lipinski definition) is 4. The molecule has 3 N–H and O–H groups in total. The lowest BCUT2D eigenvalue weighted by molar-refractivity contribution is -0.124. The topological polar surface area (TPSA) is 67.6 Å². The number of nitrogens with one attached hydrogen (secondary N) is 1. The molecule has 0 aliphatic carbocycles. The molecule has 2 fully saturated rings. The number of nitrogens with zero attached hydrogens (tertiary/aromatic N) is 1. The third-order valence-corrected chi connectivity index (χ3v) is 5.09. The molecule has 142 valence electrons. The molecule has 0 bridgehead atoms. The van der Waals surface area contributed by atoms with Crippen LogP contribution in [0.5, 0.6) is 0 Å². The number of carbonyl (C=O) groups excluding carboxylic acids is 1. The molecule has 2 saturated heterocycles. The zero-order valence-corrected chi connectivity index (χ0v) is 16.3. The van der Waals surface area contributed by atoms with Crippen molar-refractivity contribution in [1.29, 1.82) is 0 Å². The van der Waals surface area contributed by atoms with Crippen molar-refractivity contribution in [2.45, 2.75) is 38.1 Å². The molecule has 3 rings (SSSR count). The summed E-state index contributed by atoms with van der Waals surface area (Å²) in [6, 6.07) is 8.09. The van der Waals surface area contributed by atoms with Crippen LogP contribution in [0, 0.1) is 5.92 Å². The molecule has 1 aromatic carbocycles. The van der Waals surface area contributed by atoms with Gasteiger partial charge in [-0.15, -0.1) is 24.8 Å². The molecular formula is C18H29Cl2N3O2. The molecule has 5 nitrogen and oxygen atoms in total. The summed E-state index contributed by atoms with van der Waals surface area (Å²) in [7, 11) is 0. The second-order valence-corrected chi connectivity index (χ2v) is 6.94. The minimum Gasteiger partial charge on any atom is -0.381 e. The van der Waals surface area contributed by atoms with Crippen LogP contribution in [-0.4, -0.2) is 37.7 Å². The highest BCUT2D eigenvalue weighted by atomic mass is 35.5. The number of halogens is 2. The van der Waals surface area contributed by atoms with Gasteiger partial charge in [0.25, 0.3) is 0 Å². The number of hydrogen-bond donors (Lipinski definition) is 2. The van der Waals surface area contributed by atoms with E-state index in [4.69, 9.17) is 10.5 Å². The Balaban J connectivity index is 0.00000156. The molecule has 2 aliphatic rings. The van der Waals surface area contributed by atoms with Gasteiger partial charge in [0, 0.05) is 37.7 Å². The number of ether oxygens (including phenoxy) is 1. The Labute approximate surface area is 162 Å². The quantitative estimate of drug-likeness (QED) is 0.832. The minimum absolute atomic E-state index is 0. The van der Waals surface area contributed by atoms with Crippen molar-refractivity contribution in [2.75, 3.05) is 36.5 Å². The van der Waals surface area contributed by atoms with Gasteiger partial charge in [-0.1, -0.05) is 13.0 Å². The van der Waals surface area contributed by atoms with Gasteiger partial charge < -0.3 is 20.7 Å². The standard InChI is InChI=1S/C18H27N3O2.2ClH/c1-14-5-9-21(10-6-14)16-4-2-3-15(13-16)20-17(22)18(19)7-11-23-12-8-18;;/h2-4,13-14H,5-12,19H2,1H3,(H,20,22);2*1H. The first-order valence-corrected chi connectivity index (χ1v) is 8.60. The Bertz CT molecular complexity index is 557. The van der Waals surface area contributed by atoms with Gasteiger partial charge in [0.15, 0.2) is 0 Å². The molecule has 7 heteroatoms. The Morgan fingerprint density at radius 1 is 1.24 bits per heavy atom. The highest BCUT2D eigenvalue weighted by molar-refractivity contribution is 5.98. The molecule has 0 atom stereocenters. The first kappa shape index (κ1) is 22.0. The predicted molar refractivity (Wildman–Crippen MR) is 107 cm³/mol. The van der Waals surface area contributed by atoms with Crippen molar-refractivity contribution in [2.24, 2.45) is 11.7 Å². The molecular weight excluding hydrogens is 361 g/mol. The first-order valence-electron chi connectivity index (χ1n) is 8.60. The highest BCUT2D eigenvalue weighted by Gasteiger charge is 2.35. The van der Waals surface area contributed by atoms with E-state index in [0.29, 0.717) is 26.1 Å². The molecule has 0 spiro atoms. The summed E-state index contributed by atoms with van der Waals surface area (Å²) in [5.41, 5.74) is 7.43. The summed E-state index contributed by atoms with van der Waals surface area (Å²) in [5, 5.41) is 2.99. The second kappa shape index (κ2) is 9.62. The van der Waals surface area contributed by atoms with Gasteiger partial charge in [-0.2, -0.15) is 0 Å². The average molecular weight is 390 g/mol. The molecule has 0 aromatic heterocycles. The normalized spacial score (nSPS) is 20.2. The molecule has 2 aliphatic heterocycles. The maximum absolute atomic E-state index is 12.5. The van der Waals surface area contributed by atoms with Crippen molar-refractivity contribution >= 4 is 42.1 Å². The first-order chi connectivity index (χ1) is 11.1. The summed E-state index contributed by atoms with van der Waals surface area (Å²) >= 11 is 0. The fourth-order valence-electron chi connectivity index (χ4n) is 3.27. The summed E-state index contributed by atoms with van der Waals surface area (Å²) < 4.78 is 5.31. The lowest BCUT2D eigenvalue weighted by Crippen LogP contribution is -2.54. The van der Waals surface area contributed by atoms with Gasteiger partial charge in [0.2, 0.25) is 5.91 Å². The summed E-state index contributed by atoms with van der Waals surface area (Å²) in [4.78, 5) is 14.9. The van der Waals surface area contributed by atoms with E-state index >= 15 is 0 Å². The van der Waals surface area contributed by atoms with Crippen LogP contribution in [0.3, 0.4) is 0 Å². The fourth-order valence-corrected chi connectivity index (χ4v) is 3.27. The van der Waals surface area contributed by atoms with Gasteiger partial charge in [-0.05, 0) is 49.8 Å². The molecule has 0 radical (unpaired) electrons. The zero-order chi connectivity index (χ0) is 16.3. The zero-order valence-electron chi connectivity index (χ0n) is 14.7. The number of rotatable bonds is 3. The maximum atomic E-state index is 12.5. The Morgan fingerprint density at radius 3 is 2.52 bits per heavy atom. The van der Waals surface area contributed by atoms with Crippen LogP contribution in [0.25, 0.3) is 0 Å². The van der Waals surface area contributed by atoms with E-state index in [9.17, 15) is 4.79 Å². The van der Waals surface area contributed by atoms with Crippen LogP contribution >= 0.6 is 24.8 Å². The number of amides is 1. The largest absolute Gasteiger partial charge is 0.381 e. The Hall–Kier alpha value is -1.01. The van der Waals surface area contributed by atoms with Crippen molar-refractivity contribution in [1.82, 2.24) is 0 Å². The fraction of sp³-hybridized carbons (Fsp3) is 0.611. The van der Waals surface area contributed by atoms with E-state index in [2.05, 4.69) is 29.3 Å². The van der Waals surface area contributed by atoms with Gasteiger partial charge >= 0.3 is 0 Å². The number of benzene rings is 1. The molecule has 0 unspecified atom stereocenters. The predicted octanol–water partition coefficient (Wildman–Crippen LogP) is 3.21. The maximum Gasteiger partial charge on any atom is 0.244 e. The summed E-state index contributed by atoms with van der Waals surface area (Å²) in [5.74, 6) is 0.699. The monoisotopic (exact) mass is 389 g/mol. The van der Waals surface area contributed by atoms with Crippen LogP contribution < -0.4 is 16.0 Å². The Kier molecular flexibility index (Phi) is 8.48. The average Bonchev–Trinajstić information content (AvgIpc) is 2.56. The van der Waals surface area contributed by atoms with Crippen molar-refractivity contribution in [3.8, 4) is 0 Å². The van der Waals surface area contributed by atoms with Crippen molar-refractivity contribution < 1.29 is 9.53 Å². The van der Waals surface area contributed by atoms with E-state index in [-0.39, 0.29) is 30.7 Å². The smallest absolute Gasteiger partial charge is 0.244 e. The number of anilines is 2. The van der Waals surface area contributed by atoms with Crippen molar-refractivity contribution in [3.05, 3.63) is 24.3 Å². The van der Waals surface area contributed by atoms with Gasteiger partial charge in [-0.25, -0.2) is 0 Å². The van der Waals surface area contributed by atoms with Crippen LogP contribution in [0.1, 0.15) is 32.6 Å².